The Morgan fingerprint density at radius 3 is 1.32 bits per heavy atom. The van der Waals surface area contributed by atoms with Crippen LogP contribution < -0.4 is 10.4 Å². The van der Waals surface area contributed by atoms with Crippen molar-refractivity contribution in [1.29, 1.82) is 0 Å². The molecule has 0 aromatic heterocycles. The Balaban J connectivity index is 2.76. The second-order valence-electron chi connectivity index (χ2n) is 8.11. The van der Waals surface area contributed by atoms with Gasteiger partial charge in [-0.2, -0.15) is 0 Å². The average molecular weight is 345 g/mol. The van der Waals surface area contributed by atoms with Crippen molar-refractivity contribution in [2.45, 2.75) is 45.5 Å². The van der Waals surface area contributed by atoms with E-state index in [-0.39, 0.29) is 0 Å². The Hall–Kier alpha value is -0.696. The van der Waals surface area contributed by atoms with Crippen LogP contribution in [-0.2, 0) is 0 Å². The third kappa shape index (κ3) is 3.61. The summed E-state index contributed by atoms with van der Waals surface area (Å²) < 4.78 is 0. The van der Waals surface area contributed by atoms with Crippen molar-refractivity contribution < 1.29 is 0 Å². The van der Waals surface area contributed by atoms with Gasteiger partial charge in [-0.1, -0.05) is 101 Å². The monoisotopic (exact) mass is 344 g/mol. The molecule has 2 aromatic rings. The Labute approximate surface area is 139 Å². The maximum Gasteiger partial charge on any atom is 0.142 e. The number of hydrogen-bond donors (Lipinski definition) is 0. The summed E-state index contributed by atoms with van der Waals surface area (Å²) in [5.74, 6) is 0. The fraction of sp³-hybridized carbons (Fsp3) is 0.368. The Morgan fingerprint density at radius 2 is 1.05 bits per heavy atom. The zero-order valence-electron chi connectivity index (χ0n) is 14.8. The molecule has 0 spiro atoms. The second-order valence-corrected chi connectivity index (χ2v) is 26.8. The molecule has 0 saturated heterocycles. The SMILES string of the molecule is CC(C)(C)[Si](P[Si](C)(C)C)(c1ccccc1)c1ccccc1. The van der Waals surface area contributed by atoms with Gasteiger partial charge < -0.3 is 0 Å². The smallest absolute Gasteiger partial charge is 0.135 e. The quantitative estimate of drug-likeness (QED) is 0.537. The summed E-state index contributed by atoms with van der Waals surface area (Å²) in [4.78, 5) is 0. The van der Waals surface area contributed by atoms with Crippen LogP contribution in [0.25, 0.3) is 0 Å². The maximum absolute atomic E-state index is 2.53. The predicted molar refractivity (Wildman–Crippen MR) is 109 cm³/mol. The van der Waals surface area contributed by atoms with Crippen molar-refractivity contribution in [2.24, 2.45) is 0 Å². The summed E-state index contributed by atoms with van der Waals surface area (Å²) in [6, 6.07) is 22.7. The highest BCUT2D eigenvalue weighted by Crippen LogP contribution is 2.50. The van der Waals surface area contributed by atoms with E-state index >= 15 is 0 Å². The summed E-state index contributed by atoms with van der Waals surface area (Å²) in [5.41, 5.74) is 0. The third-order valence-electron chi connectivity index (χ3n) is 4.10. The van der Waals surface area contributed by atoms with Crippen LogP contribution in [0.2, 0.25) is 24.7 Å². The molecule has 0 radical (unpaired) electrons. The molecule has 0 saturated carbocycles. The number of hydrogen-bond acceptors (Lipinski definition) is 0. The van der Waals surface area contributed by atoms with E-state index in [1.54, 1.807) is 10.4 Å². The molecule has 0 fully saturated rings. The number of rotatable bonds is 4. The average Bonchev–Trinajstić information content (AvgIpc) is 2.44. The van der Waals surface area contributed by atoms with E-state index in [9.17, 15) is 0 Å². The van der Waals surface area contributed by atoms with Crippen LogP contribution in [0.15, 0.2) is 60.7 Å². The van der Waals surface area contributed by atoms with Crippen LogP contribution in [0.1, 0.15) is 20.8 Å². The van der Waals surface area contributed by atoms with Crippen LogP contribution >= 0.6 is 7.68 Å². The minimum Gasteiger partial charge on any atom is -0.135 e. The van der Waals surface area contributed by atoms with Crippen molar-refractivity contribution in [3.8, 4) is 0 Å². The lowest BCUT2D eigenvalue weighted by molar-refractivity contribution is 0.745. The summed E-state index contributed by atoms with van der Waals surface area (Å²) in [6.07, 6.45) is 0. The van der Waals surface area contributed by atoms with Gasteiger partial charge in [-0.25, -0.2) is 0 Å². The molecule has 2 rings (SSSR count). The first-order valence-corrected chi connectivity index (χ1v) is 16.6. The van der Waals surface area contributed by atoms with Crippen LogP contribution in [0.5, 0.6) is 0 Å². The minimum atomic E-state index is -1.80. The van der Waals surface area contributed by atoms with Gasteiger partial charge in [0.15, 0.2) is 0 Å². The van der Waals surface area contributed by atoms with Gasteiger partial charge in [0.1, 0.15) is 7.74 Å². The van der Waals surface area contributed by atoms with Crippen LogP contribution in [0.3, 0.4) is 0 Å². The molecule has 22 heavy (non-hydrogen) atoms. The molecule has 0 amide bonds. The molecule has 3 heteroatoms. The molecule has 1 unspecified atom stereocenters. The van der Waals surface area contributed by atoms with Crippen LogP contribution in [0.4, 0.5) is 0 Å². The zero-order valence-corrected chi connectivity index (χ0v) is 17.8. The molecular formula is C19H29PSi2. The van der Waals surface area contributed by atoms with Gasteiger partial charge in [0.05, 0.1) is 7.74 Å². The molecule has 1 atom stereocenters. The van der Waals surface area contributed by atoms with Gasteiger partial charge in [0, 0.05) is 0 Å². The van der Waals surface area contributed by atoms with Gasteiger partial charge in [-0.15, -0.1) is 7.68 Å². The van der Waals surface area contributed by atoms with Crippen molar-refractivity contribution in [1.82, 2.24) is 0 Å². The molecule has 0 aliphatic carbocycles. The van der Waals surface area contributed by atoms with E-state index < -0.39 is 15.5 Å². The summed E-state index contributed by atoms with van der Waals surface area (Å²) in [6.45, 7) is 15.0. The topological polar surface area (TPSA) is 0 Å². The van der Waals surface area contributed by atoms with E-state index in [1.165, 1.54) is 0 Å². The first-order valence-electron chi connectivity index (χ1n) is 8.07. The van der Waals surface area contributed by atoms with Crippen molar-refractivity contribution in [3.05, 3.63) is 60.7 Å². The van der Waals surface area contributed by atoms with Crippen molar-refractivity contribution >= 4 is 33.5 Å². The fourth-order valence-corrected chi connectivity index (χ4v) is 31.0. The molecule has 0 N–H and O–H groups in total. The Morgan fingerprint density at radius 1 is 0.682 bits per heavy atom. The summed E-state index contributed by atoms with van der Waals surface area (Å²) in [5, 5.41) is 3.53. The van der Waals surface area contributed by atoms with E-state index in [4.69, 9.17) is 0 Å². The third-order valence-corrected chi connectivity index (χ3v) is 27.4. The number of benzene rings is 2. The standard InChI is InChI=1S/C19H29PSi2/c1-19(2,3)22(20-21(4,5)6,17-13-9-7-10-14-17)18-15-11-8-12-16-18/h7-16,20H,1-6H3. The first-order chi connectivity index (χ1) is 10.2. The highest BCUT2D eigenvalue weighted by molar-refractivity contribution is 8.10. The summed E-state index contributed by atoms with van der Waals surface area (Å²) in [7, 11) is -1.89. The molecular weight excluding hydrogens is 315 g/mol. The van der Waals surface area contributed by atoms with Gasteiger partial charge in [0.25, 0.3) is 0 Å². The maximum atomic E-state index is 2.53. The van der Waals surface area contributed by atoms with Crippen molar-refractivity contribution in [2.75, 3.05) is 0 Å². The van der Waals surface area contributed by atoms with Gasteiger partial charge in [-0.05, 0) is 15.4 Å². The van der Waals surface area contributed by atoms with E-state index in [2.05, 4.69) is 101 Å². The lowest BCUT2D eigenvalue weighted by Crippen LogP contribution is -2.62. The lowest BCUT2D eigenvalue weighted by Gasteiger charge is -2.47. The minimum absolute atomic E-state index is 0.314. The van der Waals surface area contributed by atoms with Crippen molar-refractivity contribution in [3.63, 3.8) is 0 Å². The fourth-order valence-electron chi connectivity index (χ4n) is 3.30. The van der Waals surface area contributed by atoms with Gasteiger partial charge in [0.2, 0.25) is 0 Å². The predicted octanol–water partition coefficient (Wildman–Crippen LogP) is 5.06. The molecule has 0 aliphatic rings. The molecule has 0 aliphatic heterocycles. The molecule has 0 heterocycles. The molecule has 0 nitrogen and oxygen atoms in total. The van der Waals surface area contributed by atoms with Gasteiger partial charge in [-0.3, -0.25) is 0 Å². The van der Waals surface area contributed by atoms with Gasteiger partial charge >= 0.3 is 0 Å². The molecule has 118 valence electrons. The van der Waals surface area contributed by atoms with E-state index in [0.29, 0.717) is 5.04 Å². The second kappa shape index (κ2) is 6.43. The highest BCUT2D eigenvalue weighted by Gasteiger charge is 2.49. The zero-order chi connectivity index (χ0) is 16.4. The Kier molecular flexibility index (Phi) is 5.16. The molecule has 2 aromatic carbocycles. The Bertz CT molecular complexity index is 555. The van der Waals surface area contributed by atoms with E-state index in [1.807, 2.05) is 0 Å². The lowest BCUT2D eigenvalue weighted by atomic mass is 10.2. The normalized spacial score (nSPS) is 13.7. The first kappa shape index (κ1) is 17.7. The highest BCUT2D eigenvalue weighted by atomic mass is 31.6. The largest absolute Gasteiger partial charge is 0.142 e. The summed E-state index contributed by atoms with van der Waals surface area (Å²) >= 11 is 0. The van der Waals surface area contributed by atoms with E-state index in [0.717, 1.165) is 7.68 Å². The van der Waals surface area contributed by atoms with Crippen LogP contribution in [-0.4, -0.2) is 15.5 Å². The van der Waals surface area contributed by atoms with Crippen LogP contribution in [0, 0.1) is 0 Å². The molecule has 0 bridgehead atoms.